The number of H-pyrrole nitrogens is 1. The molecule has 1 aromatic heterocycles. The number of carbonyl (C=O) groups excluding carboxylic acids is 2. The SMILES string of the molecule is CNCC1(c2ccc(CC(=O)c3ncc(C#N)[nH]3)c(C3=CCC(C)(C)CC3)c2)CCN(C(C)=O)CC1. The van der Waals surface area contributed by atoms with Crippen molar-refractivity contribution >= 4 is 17.3 Å². The Labute approximate surface area is 214 Å². The molecule has 2 aliphatic rings. The van der Waals surface area contributed by atoms with Crippen molar-refractivity contribution in [1.82, 2.24) is 20.2 Å². The first-order chi connectivity index (χ1) is 17.2. The number of hydrogen-bond acceptors (Lipinski definition) is 5. The lowest BCUT2D eigenvalue weighted by molar-refractivity contribution is -0.130. The van der Waals surface area contributed by atoms with Crippen LogP contribution in [-0.2, 0) is 16.6 Å². The molecule has 0 bridgehead atoms. The van der Waals surface area contributed by atoms with Crippen molar-refractivity contribution in [3.63, 3.8) is 0 Å². The highest BCUT2D eigenvalue weighted by molar-refractivity contribution is 5.95. The van der Waals surface area contributed by atoms with Gasteiger partial charge in [-0.25, -0.2) is 4.98 Å². The maximum Gasteiger partial charge on any atom is 0.219 e. The van der Waals surface area contributed by atoms with Gasteiger partial charge in [-0.1, -0.05) is 38.1 Å². The highest BCUT2D eigenvalue weighted by Crippen LogP contribution is 2.42. The molecule has 0 atom stereocenters. The molecule has 1 aliphatic heterocycles. The number of nitrogens with zero attached hydrogens (tertiary/aromatic N) is 3. The summed E-state index contributed by atoms with van der Waals surface area (Å²) in [7, 11) is 1.98. The molecule has 2 aromatic rings. The van der Waals surface area contributed by atoms with Gasteiger partial charge in [-0.15, -0.1) is 0 Å². The number of benzene rings is 1. The second kappa shape index (κ2) is 10.4. The first-order valence-electron chi connectivity index (χ1n) is 12.9. The molecule has 36 heavy (non-hydrogen) atoms. The predicted octanol–water partition coefficient (Wildman–Crippen LogP) is 4.40. The molecule has 7 heteroatoms. The third-order valence-corrected chi connectivity index (χ3v) is 8.03. The van der Waals surface area contributed by atoms with E-state index in [1.807, 2.05) is 18.0 Å². The highest BCUT2D eigenvalue weighted by Gasteiger charge is 2.37. The van der Waals surface area contributed by atoms with E-state index in [0.717, 1.165) is 62.9 Å². The van der Waals surface area contributed by atoms with E-state index in [0.29, 0.717) is 0 Å². The van der Waals surface area contributed by atoms with Crippen LogP contribution in [0.25, 0.3) is 5.57 Å². The molecule has 190 valence electrons. The molecular formula is C29H37N5O2. The van der Waals surface area contributed by atoms with Crippen LogP contribution in [0, 0.1) is 16.7 Å². The van der Waals surface area contributed by atoms with E-state index in [4.69, 9.17) is 5.26 Å². The molecule has 1 fully saturated rings. The standard InChI is InChI=1S/C29H37N5O2/c1-20(35)34-13-11-29(12-14-34,19-31-4)23-6-5-22(15-26(36)27-32-18-24(17-30)33-27)25(16-23)21-7-9-28(2,3)10-8-21/h5-7,16,18,31H,8-15,19H2,1-4H3,(H,32,33). The van der Waals surface area contributed by atoms with Crippen LogP contribution in [0.4, 0.5) is 0 Å². The second-order valence-corrected chi connectivity index (χ2v) is 11.1. The van der Waals surface area contributed by atoms with Crippen molar-refractivity contribution in [2.75, 3.05) is 26.7 Å². The summed E-state index contributed by atoms with van der Waals surface area (Å²) in [6, 6.07) is 8.57. The van der Waals surface area contributed by atoms with Gasteiger partial charge in [0, 0.05) is 38.4 Å². The number of hydrogen-bond donors (Lipinski definition) is 2. The number of allylic oxidation sites excluding steroid dienone is 2. The lowest BCUT2D eigenvalue weighted by Gasteiger charge is -2.42. The number of aromatic amines is 1. The fourth-order valence-electron chi connectivity index (χ4n) is 5.61. The van der Waals surface area contributed by atoms with E-state index in [9.17, 15) is 9.59 Å². The molecule has 2 N–H and O–H groups in total. The van der Waals surface area contributed by atoms with Gasteiger partial charge in [0.05, 0.1) is 6.20 Å². The molecule has 0 unspecified atom stereocenters. The Hall–Kier alpha value is -3.24. The molecule has 0 saturated carbocycles. The lowest BCUT2D eigenvalue weighted by Crippen LogP contribution is -2.48. The molecule has 1 amide bonds. The van der Waals surface area contributed by atoms with Crippen LogP contribution in [0.1, 0.15) is 85.9 Å². The minimum Gasteiger partial charge on any atom is -0.343 e. The topological polar surface area (TPSA) is 102 Å². The van der Waals surface area contributed by atoms with E-state index in [1.165, 1.54) is 17.3 Å². The van der Waals surface area contributed by atoms with Crippen LogP contribution in [0.15, 0.2) is 30.5 Å². The number of imidazole rings is 1. The van der Waals surface area contributed by atoms with Gasteiger partial charge in [0.25, 0.3) is 0 Å². The number of Topliss-reactive ketones (excluding diaryl/α,β-unsaturated/α-hetero) is 1. The minimum absolute atomic E-state index is 0.0603. The van der Waals surface area contributed by atoms with Gasteiger partial charge < -0.3 is 15.2 Å². The molecule has 2 heterocycles. The fraction of sp³-hybridized carbons (Fsp3) is 0.517. The first kappa shape index (κ1) is 25.8. The summed E-state index contributed by atoms with van der Waals surface area (Å²) in [5, 5.41) is 12.5. The van der Waals surface area contributed by atoms with Crippen LogP contribution in [0.3, 0.4) is 0 Å². The van der Waals surface area contributed by atoms with Crippen LogP contribution in [-0.4, -0.2) is 53.2 Å². The highest BCUT2D eigenvalue weighted by atomic mass is 16.2. The number of piperidine rings is 1. The molecule has 1 aromatic carbocycles. The van der Waals surface area contributed by atoms with Crippen LogP contribution < -0.4 is 5.32 Å². The van der Waals surface area contributed by atoms with Gasteiger partial charge in [0.15, 0.2) is 5.82 Å². The van der Waals surface area contributed by atoms with E-state index in [-0.39, 0.29) is 40.5 Å². The summed E-state index contributed by atoms with van der Waals surface area (Å²) in [5.74, 6) is 0.237. The second-order valence-electron chi connectivity index (χ2n) is 11.1. The monoisotopic (exact) mass is 487 g/mol. The van der Waals surface area contributed by atoms with Crippen LogP contribution in [0.5, 0.6) is 0 Å². The number of likely N-dealkylation sites (tertiary alicyclic amines) is 1. The Morgan fingerprint density at radius 3 is 2.56 bits per heavy atom. The Morgan fingerprint density at radius 2 is 1.97 bits per heavy atom. The molecule has 0 spiro atoms. The summed E-state index contributed by atoms with van der Waals surface area (Å²) in [4.78, 5) is 33.9. The number of carbonyl (C=O) groups is 2. The zero-order chi connectivity index (χ0) is 25.9. The van der Waals surface area contributed by atoms with Crippen molar-refractivity contribution < 1.29 is 9.59 Å². The summed E-state index contributed by atoms with van der Waals surface area (Å²) in [5.41, 5.74) is 5.22. The Balaban J connectivity index is 1.71. The molecule has 7 nitrogen and oxygen atoms in total. The number of nitriles is 1. The fourth-order valence-corrected chi connectivity index (χ4v) is 5.61. The van der Waals surface area contributed by atoms with E-state index >= 15 is 0 Å². The van der Waals surface area contributed by atoms with Gasteiger partial charge in [-0.3, -0.25) is 9.59 Å². The largest absolute Gasteiger partial charge is 0.343 e. The molecular weight excluding hydrogens is 450 g/mol. The molecule has 0 radical (unpaired) electrons. The summed E-state index contributed by atoms with van der Waals surface area (Å²) in [6.07, 6.45) is 8.88. The van der Waals surface area contributed by atoms with Gasteiger partial charge in [0.2, 0.25) is 11.7 Å². The van der Waals surface area contributed by atoms with Crippen molar-refractivity contribution in [3.8, 4) is 6.07 Å². The quantitative estimate of drug-likeness (QED) is 0.564. The summed E-state index contributed by atoms with van der Waals surface area (Å²) in [6.45, 7) is 8.59. The van der Waals surface area contributed by atoms with Crippen molar-refractivity contribution in [2.45, 2.75) is 64.7 Å². The maximum atomic E-state index is 13.1. The summed E-state index contributed by atoms with van der Waals surface area (Å²) >= 11 is 0. The first-order valence-corrected chi connectivity index (χ1v) is 12.9. The average molecular weight is 488 g/mol. The third-order valence-electron chi connectivity index (χ3n) is 8.03. The predicted molar refractivity (Wildman–Crippen MR) is 140 cm³/mol. The van der Waals surface area contributed by atoms with Crippen LogP contribution >= 0.6 is 0 Å². The molecule has 1 aliphatic carbocycles. The average Bonchev–Trinajstić information content (AvgIpc) is 3.34. The van der Waals surface area contributed by atoms with Crippen LogP contribution in [0.2, 0.25) is 0 Å². The number of likely N-dealkylation sites (N-methyl/N-ethyl adjacent to an activating group) is 1. The van der Waals surface area contributed by atoms with Crippen molar-refractivity contribution in [1.29, 1.82) is 5.26 Å². The van der Waals surface area contributed by atoms with Gasteiger partial charge in [0.1, 0.15) is 11.8 Å². The molecule has 4 rings (SSSR count). The number of nitrogens with one attached hydrogen (secondary N) is 2. The normalized spacial score (nSPS) is 18.9. The zero-order valence-electron chi connectivity index (χ0n) is 21.9. The number of amides is 1. The maximum absolute atomic E-state index is 13.1. The Kier molecular flexibility index (Phi) is 7.46. The van der Waals surface area contributed by atoms with Crippen molar-refractivity contribution in [2.24, 2.45) is 5.41 Å². The minimum atomic E-state index is -0.123. The van der Waals surface area contributed by atoms with Gasteiger partial charge in [-0.2, -0.15) is 5.26 Å². The Morgan fingerprint density at radius 1 is 1.22 bits per heavy atom. The summed E-state index contributed by atoms with van der Waals surface area (Å²) < 4.78 is 0. The Bertz CT molecular complexity index is 1210. The smallest absolute Gasteiger partial charge is 0.219 e. The zero-order valence-corrected chi connectivity index (χ0v) is 21.9. The van der Waals surface area contributed by atoms with E-state index in [2.05, 4.69) is 53.4 Å². The van der Waals surface area contributed by atoms with E-state index < -0.39 is 0 Å². The van der Waals surface area contributed by atoms with Crippen molar-refractivity contribution in [3.05, 3.63) is 58.7 Å². The number of aromatic nitrogens is 2. The number of rotatable bonds is 7. The van der Waals surface area contributed by atoms with E-state index in [1.54, 1.807) is 6.92 Å². The van der Waals surface area contributed by atoms with Gasteiger partial charge >= 0.3 is 0 Å². The lowest BCUT2D eigenvalue weighted by atomic mass is 9.70. The molecule has 1 saturated heterocycles. The third kappa shape index (κ3) is 5.44. The number of ketones is 1. The van der Waals surface area contributed by atoms with Gasteiger partial charge in [-0.05, 0) is 66.8 Å².